The first-order valence-electron chi connectivity index (χ1n) is 5.88. The largest absolute Gasteiger partial charge is 0.497 e. The Morgan fingerprint density at radius 1 is 0.947 bits per heavy atom. The SMILES string of the molecule is COc1ccc(Oc2ccc(C(=O)CN)cc2)cc1. The van der Waals surface area contributed by atoms with Gasteiger partial charge in [-0.3, -0.25) is 4.79 Å². The Morgan fingerprint density at radius 2 is 1.42 bits per heavy atom. The second kappa shape index (κ2) is 6.02. The minimum Gasteiger partial charge on any atom is -0.497 e. The number of ketones is 1. The van der Waals surface area contributed by atoms with E-state index < -0.39 is 0 Å². The van der Waals surface area contributed by atoms with Gasteiger partial charge in [0.2, 0.25) is 0 Å². The smallest absolute Gasteiger partial charge is 0.176 e. The number of rotatable bonds is 5. The van der Waals surface area contributed by atoms with E-state index in [4.69, 9.17) is 15.2 Å². The second-order valence-corrected chi connectivity index (χ2v) is 3.93. The van der Waals surface area contributed by atoms with Crippen LogP contribution in [0.2, 0.25) is 0 Å². The maximum atomic E-state index is 11.4. The molecule has 0 radical (unpaired) electrons. The monoisotopic (exact) mass is 257 g/mol. The molecular weight excluding hydrogens is 242 g/mol. The van der Waals surface area contributed by atoms with E-state index in [1.54, 1.807) is 31.4 Å². The highest BCUT2D eigenvalue weighted by atomic mass is 16.5. The predicted molar refractivity (Wildman–Crippen MR) is 72.9 cm³/mol. The summed E-state index contributed by atoms with van der Waals surface area (Å²) in [6, 6.07) is 14.2. The van der Waals surface area contributed by atoms with Crippen molar-refractivity contribution in [1.29, 1.82) is 0 Å². The summed E-state index contributed by atoms with van der Waals surface area (Å²) in [7, 11) is 1.61. The molecule has 4 nitrogen and oxygen atoms in total. The zero-order chi connectivity index (χ0) is 13.7. The summed E-state index contributed by atoms with van der Waals surface area (Å²) in [6.45, 7) is 0.0126. The summed E-state index contributed by atoms with van der Waals surface area (Å²) < 4.78 is 10.7. The maximum absolute atomic E-state index is 11.4. The van der Waals surface area contributed by atoms with Gasteiger partial charge in [-0.05, 0) is 48.5 Å². The van der Waals surface area contributed by atoms with E-state index in [-0.39, 0.29) is 12.3 Å². The molecule has 0 saturated carbocycles. The summed E-state index contributed by atoms with van der Waals surface area (Å²) in [5.74, 6) is 2.06. The first-order chi connectivity index (χ1) is 9.22. The molecule has 2 N–H and O–H groups in total. The molecule has 0 fully saturated rings. The first kappa shape index (κ1) is 13.1. The van der Waals surface area contributed by atoms with E-state index in [0.29, 0.717) is 17.1 Å². The van der Waals surface area contributed by atoms with Gasteiger partial charge in [-0.2, -0.15) is 0 Å². The van der Waals surface area contributed by atoms with Crippen LogP contribution < -0.4 is 15.2 Å². The van der Waals surface area contributed by atoms with Crippen LogP contribution >= 0.6 is 0 Å². The molecule has 0 bridgehead atoms. The Bertz CT molecular complexity index is 547. The zero-order valence-electron chi connectivity index (χ0n) is 10.6. The number of benzene rings is 2. The highest BCUT2D eigenvalue weighted by Crippen LogP contribution is 2.23. The van der Waals surface area contributed by atoms with Crippen LogP contribution in [0, 0.1) is 0 Å². The van der Waals surface area contributed by atoms with E-state index in [9.17, 15) is 4.79 Å². The van der Waals surface area contributed by atoms with Gasteiger partial charge in [0.05, 0.1) is 13.7 Å². The van der Waals surface area contributed by atoms with Crippen LogP contribution in [0.1, 0.15) is 10.4 Å². The Labute approximate surface area is 111 Å². The van der Waals surface area contributed by atoms with Crippen LogP contribution in [0.4, 0.5) is 0 Å². The van der Waals surface area contributed by atoms with Crippen LogP contribution in [0.3, 0.4) is 0 Å². The van der Waals surface area contributed by atoms with Crippen molar-refractivity contribution in [3.63, 3.8) is 0 Å². The summed E-state index contributed by atoms with van der Waals surface area (Å²) in [6.07, 6.45) is 0. The average Bonchev–Trinajstić information content (AvgIpc) is 2.48. The summed E-state index contributed by atoms with van der Waals surface area (Å²) in [5.41, 5.74) is 5.89. The van der Waals surface area contributed by atoms with E-state index in [0.717, 1.165) is 5.75 Å². The normalized spacial score (nSPS) is 10.0. The van der Waals surface area contributed by atoms with Gasteiger partial charge in [-0.15, -0.1) is 0 Å². The van der Waals surface area contributed by atoms with Crippen LogP contribution in [0.15, 0.2) is 48.5 Å². The lowest BCUT2D eigenvalue weighted by Gasteiger charge is -2.07. The second-order valence-electron chi connectivity index (χ2n) is 3.93. The van der Waals surface area contributed by atoms with Gasteiger partial charge in [0.1, 0.15) is 17.2 Å². The highest BCUT2D eigenvalue weighted by Gasteiger charge is 2.03. The number of hydrogen-bond donors (Lipinski definition) is 1. The van der Waals surface area contributed by atoms with Gasteiger partial charge >= 0.3 is 0 Å². The number of carbonyl (C=O) groups is 1. The van der Waals surface area contributed by atoms with Crippen molar-refractivity contribution in [2.45, 2.75) is 0 Å². The molecule has 4 heteroatoms. The lowest BCUT2D eigenvalue weighted by atomic mass is 10.1. The molecule has 2 aromatic rings. The van der Waals surface area contributed by atoms with Gasteiger partial charge in [-0.25, -0.2) is 0 Å². The molecule has 0 aliphatic carbocycles. The number of hydrogen-bond acceptors (Lipinski definition) is 4. The Morgan fingerprint density at radius 3 is 1.89 bits per heavy atom. The van der Waals surface area contributed by atoms with Crippen LogP contribution in [-0.2, 0) is 0 Å². The minimum absolute atomic E-state index is 0.0126. The topological polar surface area (TPSA) is 61.5 Å². The van der Waals surface area contributed by atoms with Crippen molar-refractivity contribution in [2.75, 3.05) is 13.7 Å². The van der Waals surface area contributed by atoms with Crippen molar-refractivity contribution in [3.05, 3.63) is 54.1 Å². The molecule has 2 rings (SSSR count). The van der Waals surface area contributed by atoms with Crippen molar-refractivity contribution < 1.29 is 14.3 Å². The molecule has 0 saturated heterocycles. The van der Waals surface area contributed by atoms with Crippen molar-refractivity contribution >= 4 is 5.78 Å². The number of carbonyl (C=O) groups excluding carboxylic acids is 1. The molecule has 2 aromatic carbocycles. The summed E-state index contributed by atoms with van der Waals surface area (Å²) >= 11 is 0. The third kappa shape index (κ3) is 3.33. The molecule has 0 unspecified atom stereocenters. The number of methoxy groups -OCH3 is 1. The number of ether oxygens (including phenoxy) is 2. The fraction of sp³-hybridized carbons (Fsp3) is 0.133. The Hall–Kier alpha value is -2.33. The van der Waals surface area contributed by atoms with Gasteiger partial charge in [0.25, 0.3) is 0 Å². The molecule has 98 valence electrons. The fourth-order valence-corrected chi connectivity index (χ4v) is 1.61. The van der Waals surface area contributed by atoms with Gasteiger partial charge in [0, 0.05) is 5.56 Å². The molecule has 0 heterocycles. The molecule has 0 spiro atoms. The maximum Gasteiger partial charge on any atom is 0.176 e. The van der Waals surface area contributed by atoms with E-state index in [1.807, 2.05) is 24.3 Å². The summed E-state index contributed by atoms with van der Waals surface area (Å²) in [4.78, 5) is 11.4. The van der Waals surface area contributed by atoms with Crippen LogP contribution in [-0.4, -0.2) is 19.4 Å². The van der Waals surface area contributed by atoms with Crippen molar-refractivity contribution in [2.24, 2.45) is 5.73 Å². The molecule has 19 heavy (non-hydrogen) atoms. The number of Topliss-reactive ketones (excluding diaryl/α,β-unsaturated/α-hetero) is 1. The van der Waals surface area contributed by atoms with Crippen molar-refractivity contribution in [3.8, 4) is 17.2 Å². The molecule has 0 amide bonds. The molecule has 0 atom stereocenters. The van der Waals surface area contributed by atoms with E-state index in [2.05, 4.69) is 0 Å². The first-order valence-corrected chi connectivity index (χ1v) is 5.88. The minimum atomic E-state index is -0.0870. The zero-order valence-corrected chi connectivity index (χ0v) is 10.6. The molecule has 0 aliphatic rings. The van der Waals surface area contributed by atoms with Crippen molar-refractivity contribution in [1.82, 2.24) is 0 Å². The third-order valence-corrected chi connectivity index (χ3v) is 2.66. The standard InChI is InChI=1S/C15H15NO3/c1-18-12-6-8-14(9-7-12)19-13-4-2-11(3-5-13)15(17)10-16/h2-9H,10,16H2,1H3. The van der Waals surface area contributed by atoms with E-state index >= 15 is 0 Å². The number of nitrogens with two attached hydrogens (primary N) is 1. The highest BCUT2D eigenvalue weighted by molar-refractivity contribution is 5.97. The molecule has 0 aliphatic heterocycles. The average molecular weight is 257 g/mol. The van der Waals surface area contributed by atoms with Crippen LogP contribution in [0.25, 0.3) is 0 Å². The predicted octanol–water partition coefficient (Wildman–Crippen LogP) is 2.63. The lowest BCUT2D eigenvalue weighted by molar-refractivity contribution is 0.100. The molecular formula is C15H15NO3. The Balaban J connectivity index is 2.08. The molecule has 0 aromatic heterocycles. The fourth-order valence-electron chi connectivity index (χ4n) is 1.61. The van der Waals surface area contributed by atoms with Gasteiger partial charge in [0.15, 0.2) is 5.78 Å². The lowest BCUT2D eigenvalue weighted by Crippen LogP contribution is -2.13. The van der Waals surface area contributed by atoms with Crippen LogP contribution in [0.5, 0.6) is 17.2 Å². The Kier molecular flexibility index (Phi) is 4.15. The van der Waals surface area contributed by atoms with E-state index in [1.165, 1.54) is 0 Å². The summed E-state index contributed by atoms with van der Waals surface area (Å²) in [5, 5.41) is 0. The quantitative estimate of drug-likeness (QED) is 0.836. The van der Waals surface area contributed by atoms with Gasteiger partial charge in [-0.1, -0.05) is 0 Å². The van der Waals surface area contributed by atoms with Gasteiger partial charge < -0.3 is 15.2 Å². The third-order valence-electron chi connectivity index (χ3n) is 2.66.